The van der Waals surface area contributed by atoms with Gasteiger partial charge in [0.2, 0.25) is 10.0 Å². The monoisotopic (exact) mass is 354 g/mol. The Labute approximate surface area is 146 Å². The molecule has 0 spiro atoms. The second-order valence-corrected chi connectivity index (χ2v) is 8.62. The Bertz CT molecular complexity index is 632. The van der Waals surface area contributed by atoms with Gasteiger partial charge >= 0.3 is 0 Å². The lowest BCUT2D eigenvalue weighted by Crippen LogP contribution is -2.42. The number of guanidine groups is 1. The minimum atomic E-state index is -3.15. The molecule has 0 amide bonds. The van der Waals surface area contributed by atoms with Crippen molar-refractivity contribution in [3.05, 3.63) is 35.4 Å². The standard InChI is InChI=1S/C17H30N4O2S/c1-17(2,3)15-8-6-14(7-9-15)10-11-19-16(18-4)20-12-13-21-24(5,22)23/h6-9,21H,10-13H2,1-5H3,(H2,18,19,20). The molecule has 0 radical (unpaired) electrons. The number of hydrogen-bond donors (Lipinski definition) is 3. The van der Waals surface area contributed by atoms with Gasteiger partial charge in [-0.1, -0.05) is 45.0 Å². The van der Waals surface area contributed by atoms with Crippen LogP contribution in [0.1, 0.15) is 31.9 Å². The van der Waals surface area contributed by atoms with Crippen molar-refractivity contribution in [1.82, 2.24) is 15.4 Å². The molecule has 136 valence electrons. The molecule has 0 aromatic heterocycles. The zero-order chi connectivity index (χ0) is 18.2. The molecule has 3 N–H and O–H groups in total. The Kier molecular flexibility index (Phi) is 7.69. The number of hydrogen-bond acceptors (Lipinski definition) is 3. The summed E-state index contributed by atoms with van der Waals surface area (Å²) in [5.74, 6) is 0.664. The van der Waals surface area contributed by atoms with Gasteiger partial charge in [-0.25, -0.2) is 13.1 Å². The number of benzene rings is 1. The summed E-state index contributed by atoms with van der Waals surface area (Å²) < 4.78 is 24.4. The highest BCUT2D eigenvalue weighted by molar-refractivity contribution is 7.88. The summed E-state index contributed by atoms with van der Waals surface area (Å²) in [6, 6.07) is 8.68. The summed E-state index contributed by atoms with van der Waals surface area (Å²) in [4.78, 5) is 4.12. The molecule has 0 saturated carbocycles. The Balaban J connectivity index is 2.34. The van der Waals surface area contributed by atoms with E-state index in [1.165, 1.54) is 11.1 Å². The fourth-order valence-corrected chi connectivity index (χ4v) is 2.61. The van der Waals surface area contributed by atoms with Crippen LogP contribution in [0.5, 0.6) is 0 Å². The van der Waals surface area contributed by atoms with Crippen molar-refractivity contribution >= 4 is 16.0 Å². The van der Waals surface area contributed by atoms with Crippen molar-refractivity contribution in [1.29, 1.82) is 0 Å². The molecule has 24 heavy (non-hydrogen) atoms. The minimum absolute atomic E-state index is 0.169. The molecule has 1 aromatic rings. The van der Waals surface area contributed by atoms with E-state index in [9.17, 15) is 8.42 Å². The minimum Gasteiger partial charge on any atom is -0.356 e. The Morgan fingerprint density at radius 1 is 1.04 bits per heavy atom. The van der Waals surface area contributed by atoms with E-state index in [0.29, 0.717) is 19.0 Å². The molecule has 0 fully saturated rings. The van der Waals surface area contributed by atoms with Gasteiger partial charge in [-0.15, -0.1) is 0 Å². The van der Waals surface area contributed by atoms with Gasteiger partial charge in [-0.05, 0) is 23.0 Å². The summed E-state index contributed by atoms with van der Waals surface area (Å²) >= 11 is 0. The van der Waals surface area contributed by atoms with Crippen LogP contribution in [-0.2, 0) is 21.9 Å². The second kappa shape index (κ2) is 9.03. The summed E-state index contributed by atoms with van der Waals surface area (Å²) in [5, 5.41) is 6.29. The molecular formula is C17H30N4O2S. The predicted molar refractivity (Wildman–Crippen MR) is 101 cm³/mol. The van der Waals surface area contributed by atoms with Crippen molar-refractivity contribution in [2.45, 2.75) is 32.6 Å². The molecule has 1 rings (SSSR count). The highest BCUT2D eigenvalue weighted by Crippen LogP contribution is 2.22. The van der Waals surface area contributed by atoms with E-state index in [4.69, 9.17) is 0 Å². The molecule has 0 aliphatic heterocycles. The topological polar surface area (TPSA) is 82.6 Å². The summed E-state index contributed by atoms with van der Waals surface area (Å²) in [6.07, 6.45) is 2.04. The molecule has 6 nitrogen and oxygen atoms in total. The van der Waals surface area contributed by atoms with Crippen LogP contribution >= 0.6 is 0 Å². The molecule has 0 aliphatic carbocycles. The zero-order valence-electron chi connectivity index (χ0n) is 15.3. The number of aliphatic imine (C=N–C) groups is 1. The smallest absolute Gasteiger partial charge is 0.208 e. The lowest BCUT2D eigenvalue weighted by molar-refractivity contribution is 0.586. The molecule has 0 bridgehead atoms. The lowest BCUT2D eigenvalue weighted by Gasteiger charge is -2.19. The number of sulfonamides is 1. The highest BCUT2D eigenvalue weighted by Gasteiger charge is 2.12. The molecule has 0 atom stereocenters. The molecule has 0 unspecified atom stereocenters. The first-order valence-electron chi connectivity index (χ1n) is 8.10. The molecule has 7 heteroatoms. The van der Waals surface area contributed by atoms with Crippen LogP contribution < -0.4 is 15.4 Å². The Hall–Kier alpha value is -1.60. The zero-order valence-corrected chi connectivity index (χ0v) is 16.1. The van der Waals surface area contributed by atoms with E-state index in [0.717, 1.165) is 19.2 Å². The van der Waals surface area contributed by atoms with Gasteiger partial charge < -0.3 is 10.6 Å². The summed E-state index contributed by atoms with van der Waals surface area (Å²) in [7, 11) is -1.45. The van der Waals surface area contributed by atoms with Crippen LogP contribution in [0, 0.1) is 0 Å². The quantitative estimate of drug-likeness (QED) is 0.391. The van der Waals surface area contributed by atoms with Crippen molar-refractivity contribution < 1.29 is 8.42 Å². The van der Waals surface area contributed by atoms with Gasteiger partial charge in [0.25, 0.3) is 0 Å². The van der Waals surface area contributed by atoms with Crippen LogP contribution in [0.2, 0.25) is 0 Å². The second-order valence-electron chi connectivity index (χ2n) is 6.79. The van der Waals surface area contributed by atoms with Crippen LogP contribution in [0.15, 0.2) is 29.3 Å². The largest absolute Gasteiger partial charge is 0.356 e. The average Bonchev–Trinajstić information content (AvgIpc) is 2.48. The first-order chi connectivity index (χ1) is 11.1. The van der Waals surface area contributed by atoms with Crippen molar-refractivity contribution in [2.24, 2.45) is 4.99 Å². The van der Waals surface area contributed by atoms with Crippen molar-refractivity contribution in [2.75, 3.05) is 32.9 Å². The summed E-state index contributed by atoms with van der Waals surface area (Å²) in [6.45, 7) is 8.18. The third kappa shape index (κ3) is 8.31. The first kappa shape index (κ1) is 20.4. The van der Waals surface area contributed by atoms with Crippen LogP contribution in [0.3, 0.4) is 0 Å². The van der Waals surface area contributed by atoms with E-state index in [2.05, 4.69) is 65.4 Å². The van der Waals surface area contributed by atoms with Gasteiger partial charge in [0.05, 0.1) is 6.26 Å². The van der Waals surface area contributed by atoms with E-state index >= 15 is 0 Å². The maximum atomic E-state index is 11.0. The molecule has 0 heterocycles. The molecule has 1 aromatic carbocycles. The van der Waals surface area contributed by atoms with E-state index in [-0.39, 0.29) is 5.41 Å². The molecule has 0 aliphatic rings. The number of nitrogens with one attached hydrogen (secondary N) is 3. The number of nitrogens with zero attached hydrogens (tertiary/aromatic N) is 1. The first-order valence-corrected chi connectivity index (χ1v) is 9.99. The van der Waals surface area contributed by atoms with E-state index in [1.54, 1.807) is 7.05 Å². The average molecular weight is 355 g/mol. The van der Waals surface area contributed by atoms with Crippen molar-refractivity contribution in [3.8, 4) is 0 Å². The maximum absolute atomic E-state index is 11.0. The van der Waals surface area contributed by atoms with Gasteiger partial charge in [0.1, 0.15) is 0 Å². The lowest BCUT2D eigenvalue weighted by atomic mass is 9.86. The normalized spacial score (nSPS) is 13.0. The Morgan fingerprint density at radius 2 is 1.62 bits per heavy atom. The molecule has 0 saturated heterocycles. The Morgan fingerprint density at radius 3 is 2.12 bits per heavy atom. The van der Waals surface area contributed by atoms with Crippen LogP contribution in [0.25, 0.3) is 0 Å². The van der Waals surface area contributed by atoms with Gasteiger partial charge in [-0.3, -0.25) is 4.99 Å². The summed E-state index contributed by atoms with van der Waals surface area (Å²) in [5.41, 5.74) is 2.77. The third-order valence-electron chi connectivity index (χ3n) is 3.53. The van der Waals surface area contributed by atoms with Crippen LogP contribution in [-0.4, -0.2) is 47.3 Å². The van der Waals surface area contributed by atoms with Gasteiger partial charge in [0.15, 0.2) is 5.96 Å². The van der Waals surface area contributed by atoms with E-state index in [1.807, 2.05) is 0 Å². The van der Waals surface area contributed by atoms with Gasteiger partial charge in [0, 0.05) is 26.7 Å². The van der Waals surface area contributed by atoms with Gasteiger partial charge in [-0.2, -0.15) is 0 Å². The molecular weight excluding hydrogens is 324 g/mol. The fourth-order valence-electron chi connectivity index (χ4n) is 2.13. The third-order valence-corrected chi connectivity index (χ3v) is 4.26. The fraction of sp³-hybridized carbons (Fsp3) is 0.588. The van der Waals surface area contributed by atoms with Crippen molar-refractivity contribution in [3.63, 3.8) is 0 Å². The highest BCUT2D eigenvalue weighted by atomic mass is 32.2. The van der Waals surface area contributed by atoms with E-state index < -0.39 is 10.0 Å². The predicted octanol–water partition coefficient (Wildman–Crippen LogP) is 1.24. The number of rotatable bonds is 7. The van der Waals surface area contributed by atoms with Crippen LogP contribution in [0.4, 0.5) is 0 Å². The maximum Gasteiger partial charge on any atom is 0.208 e. The SMILES string of the molecule is CN=C(NCCNS(C)(=O)=O)NCCc1ccc(C(C)(C)C)cc1.